The highest BCUT2D eigenvalue weighted by molar-refractivity contribution is 7.80. The first kappa shape index (κ1) is 5.44. The van der Waals surface area contributed by atoms with Crippen LogP contribution in [0.1, 0.15) is 0 Å². The second kappa shape index (κ2) is 1.82. The van der Waals surface area contributed by atoms with Crippen molar-refractivity contribution in [1.82, 2.24) is 5.32 Å². The molecular weight excluding hydrogens is 138 g/mol. The third-order valence-corrected chi connectivity index (χ3v) is 1.80. The van der Waals surface area contributed by atoms with Crippen molar-refractivity contribution in [1.29, 1.82) is 0 Å². The number of hydrogen-bond donors (Lipinski definition) is 1. The number of ether oxygens (including phenoxy) is 2. The van der Waals surface area contributed by atoms with Gasteiger partial charge in [0.1, 0.15) is 6.10 Å². The molecule has 0 bridgehead atoms. The van der Waals surface area contributed by atoms with Gasteiger partial charge in [-0.15, -0.1) is 0 Å². The fraction of sp³-hybridized carbons (Fsp3) is 0.800. The summed E-state index contributed by atoms with van der Waals surface area (Å²) in [6.07, 6.45) is 0.178. The molecule has 0 radical (unpaired) electrons. The summed E-state index contributed by atoms with van der Waals surface area (Å²) in [6.45, 7) is 1.41. The van der Waals surface area contributed by atoms with Crippen LogP contribution < -0.4 is 5.32 Å². The van der Waals surface area contributed by atoms with Crippen molar-refractivity contribution in [3.8, 4) is 0 Å². The minimum Gasteiger partial charge on any atom is -0.463 e. The Hall–Kier alpha value is -0.350. The molecule has 2 fully saturated rings. The van der Waals surface area contributed by atoms with Gasteiger partial charge >= 0.3 is 0 Å². The summed E-state index contributed by atoms with van der Waals surface area (Å²) in [5, 5.41) is 3.52. The van der Waals surface area contributed by atoms with Crippen molar-refractivity contribution in [2.24, 2.45) is 0 Å². The molecule has 0 aliphatic carbocycles. The molecule has 2 atom stereocenters. The molecule has 0 aromatic heterocycles. The monoisotopic (exact) mass is 145 g/mol. The van der Waals surface area contributed by atoms with Crippen LogP contribution in [0.5, 0.6) is 0 Å². The second-order valence-corrected chi connectivity index (χ2v) is 2.60. The molecule has 0 saturated carbocycles. The molecular formula is C5H7NO2S. The zero-order chi connectivity index (χ0) is 6.27. The molecule has 2 rings (SSSR count). The lowest BCUT2D eigenvalue weighted by Crippen LogP contribution is -2.29. The summed E-state index contributed by atoms with van der Waals surface area (Å²) < 4.78 is 10.3. The highest BCUT2D eigenvalue weighted by Gasteiger charge is 2.36. The van der Waals surface area contributed by atoms with Crippen LogP contribution >= 0.6 is 12.2 Å². The highest BCUT2D eigenvalue weighted by atomic mass is 32.1. The third-order valence-electron chi connectivity index (χ3n) is 1.59. The molecule has 4 heteroatoms. The van der Waals surface area contributed by atoms with Gasteiger partial charge in [-0.2, -0.15) is 0 Å². The maximum absolute atomic E-state index is 5.18. The number of hydrogen-bond acceptors (Lipinski definition) is 3. The van der Waals surface area contributed by atoms with E-state index in [1.54, 1.807) is 0 Å². The quantitative estimate of drug-likeness (QED) is 0.472. The van der Waals surface area contributed by atoms with Crippen LogP contribution in [0.15, 0.2) is 0 Å². The normalized spacial score (nSPS) is 39.8. The topological polar surface area (TPSA) is 30.5 Å². The summed E-state index contributed by atoms with van der Waals surface area (Å²) in [4.78, 5) is 0. The average Bonchev–Trinajstić information content (AvgIpc) is 2.22. The molecule has 2 unspecified atom stereocenters. The van der Waals surface area contributed by atoms with Crippen LogP contribution in [0.4, 0.5) is 0 Å². The van der Waals surface area contributed by atoms with Gasteiger partial charge in [0, 0.05) is 0 Å². The summed E-state index contributed by atoms with van der Waals surface area (Å²) in [6, 6.07) is 0.317. The lowest BCUT2D eigenvalue weighted by Gasteiger charge is -2.00. The predicted octanol–water partition coefficient (Wildman–Crippen LogP) is -0.342. The SMILES string of the molecule is S=C1NC2COCC2O1. The number of nitrogens with one attached hydrogen (secondary N) is 1. The molecule has 2 aliphatic rings. The average molecular weight is 145 g/mol. The zero-order valence-corrected chi connectivity index (χ0v) is 5.61. The standard InChI is InChI=1S/C5H7NO2S/c9-5-6-3-1-7-2-4(3)8-5/h3-4H,1-2H2,(H,6,9). The summed E-state index contributed by atoms with van der Waals surface area (Å²) in [5.41, 5.74) is 0. The molecule has 0 spiro atoms. The summed E-state index contributed by atoms with van der Waals surface area (Å²) >= 11 is 4.78. The smallest absolute Gasteiger partial charge is 0.257 e. The van der Waals surface area contributed by atoms with E-state index in [9.17, 15) is 0 Å². The van der Waals surface area contributed by atoms with Gasteiger partial charge < -0.3 is 14.8 Å². The first-order chi connectivity index (χ1) is 4.36. The van der Waals surface area contributed by atoms with Gasteiger partial charge in [-0.1, -0.05) is 0 Å². The van der Waals surface area contributed by atoms with Gasteiger partial charge in [0.05, 0.1) is 19.3 Å². The van der Waals surface area contributed by atoms with Crippen molar-refractivity contribution in [2.45, 2.75) is 12.1 Å². The van der Waals surface area contributed by atoms with Crippen LogP contribution in [0.25, 0.3) is 0 Å². The molecule has 2 heterocycles. The first-order valence-electron chi connectivity index (χ1n) is 2.91. The van der Waals surface area contributed by atoms with Gasteiger partial charge in [0.25, 0.3) is 5.17 Å². The van der Waals surface area contributed by atoms with Crippen molar-refractivity contribution in [2.75, 3.05) is 13.2 Å². The minimum absolute atomic E-state index is 0.178. The van der Waals surface area contributed by atoms with Crippen molar-refractivity contribution in [3.63, 3.8) is 0 Å². The summed E-state index contributed by atoms with van der Waals surface area (Å²) in [7, 11) is 0. The van der Waals surface area contributed by atoms with Crippen LogP contribution in [0.2, 0.25) is 0 Å². The van der Waals surface area contributed by atoms with Gasteiger partial charge in [-0.25, -0.2) is 0 Å². The van der Waals surface area contributed by atoms with E-state index in [1.165, 1.54) is 0 Å². The molecule has 50 valence electrons. The van der Waals surface area contributed by atoms with Crippen molar-refractivity contribution < 1.29 is 9.47 Å². The van der Waals surface area contributed by atoms with E-state index in [-0.39, 0.29) is 6.10 Å². The van der Waals surface area contributed by atoms with Crippen LogP contribution in [0, 0.1) is 0 Å². The number of thiocarbonyl (C=S) groups is 1. The Balaban J connectivity index is 2.09. The second-order valence-electron chi connectivity index (χ2n) is 2.23. The van der Waals surface area contributed by atoms with Gasteiger partial charge in [0.2, 0.25) is 0 Å². The fourth-order valence-electron chi connectivity index (χ4n) is 1.11. The first-order valence-corrected chi connectivity index (χ1v) is 3.32. The van der Waals surface area contributed by atoms with E-state index < -0.39 is 0 Å². The Morgan fingerprint density at radius 2 is 2.44 bits per heavy atom. The number of fused-ring (bicyclic) bond motifs is 1. The Morgan fingerprint density at radius 3 is 3.22 bits per heavy atom. The minimum atomic E-state index is 0.178. The summed E-state index contributed by atoms with van der Waals surface area (Å²) in [5.74, 6) is 0. The van der Waals surface area contributed by atoms with E-state index in [1.807, 2.05) is 0 Å². The van der Waals surface area contributed by atoms with Crippen LogP contribution in [-0.2, 0) is 9.47 Å². The molecule has 0 aromatic rings. The van der Waals surface area contributed by atoms with Gasteiger partial charge in [-0.3, -0.25) is 0 Å². The lowest BCUT2D eigenvalue weighted by atomic mass is 10.2. The van der Waals surface area contributed by atoms with Crippen molar-refractivity contribution in [3.05, 3.63) is 0 Å². The van der Waals surface area contributed by atoms with E-state index in [4.69, 9.17) is 21.7 Å². The van der Waals surface area contributed by atoms with Crippen molar-refractivity contribution >= 4 is 17.4 Å². The van der Waals surface area contributed by atoms with Crippen LogP contribution in [-0.4, -0.2) is 30.5 Å². The molecule has 9 heavy (non-hydrogen) atoms. The molecule has 2 saturated heterocycles. The van der Waals surface area contributed by atoms with E-state index in [2.05, 4.69) is 5.32 Å². The van der Waals surface area contributed by atoms with E-state index in [0.29, 0.717) is 17.8 Å². The number of rotatable bonds is 0. The van der Waals surface area contributed by atoms with E-state index in [0.717, 1.165) is 6.61 Å². The Bertz CT molecular complexity index is 136. The highest BCUT2D eigenvalue weighted by Crippen LogP contribution is 2.15. The molecule has 3 nitrogen and oxygen atoms in total. The van der Waals surface area contributed by atoms with E-state index >= 15 is 0 Å². The molecule has 0 aromatic carbocycles. The van der Waals surface area contributed by atoms with Gasteiger partial charge in [0.15, 0.2) is 0 Å². The maximum atomic E-state index is 5.18. The third kappa shape index (κ3) is 0.784. The van der Waals surface area contributed by atoms with Crippen LogP contribution in [0.3, 0.4) is 0 Å². The maximum Gasteiger partial charge on any atom is 0.257 e. The molecule has 1 N–H and O–H groups in total. The lowest BCUT2D eigenvalue weighted by molar-refractivity contribution is 0.139. The Kier molecular flexibility index (Phi) is 1.10. The van der Waals surface area contributed by atoms with Gasteiger partial charge in [-0.05, 0) is 12.2 Å². The fourth-order valence-corrected chi connectivity index (χ4v) is 1.38. The largest absolute Gasteiger partial charge is 0.463 e. The molecule has 2 aliphatic heterocycles. The Morgan fingerprint density at radius 1 is 1.56 bits per heavy atom. The Labute approximate surface area is 58.3 Å². The zero-order valence-electron chi connectivity index (χ0n) is 4.79. The predicted molar refractivity (Wildman–Crippen MR) is 35.2 cm³/mol. The molecule has 0 amide bonds.